The largest absolute Gasteiger partial charge is 0.619 e. The van der Waals surface area contributed by atoms with Crippen LogP contribution in [0.15, 0.2) is 35.2 Å². The van der Waals surface area contributed by atoms with Crippen molar-refractivity contribution >= 4 is 28.9 Å². The molecule has 0 radical (unpaired) electrons. The van der Waals surface area contributed by atoms with Crippen LogP contribution in [0.4, 0.5) is 5.69 Å². The van der Waals surface area contributed by atoms with Crippen LogP contribution < -0.4 is 4.73 Å². The topological polar surface area (TPSA) is 137 Å². The molecule has 128 valence electrons. The first kappa shape index (κ1) is 16.8. The molecule has 25 heavy (non-hydrogen) atoms. The number of hydrogen-bond donors (Lipinski definition) is 2. The molecular formula is C14H7Cl2N3O6. The van der Waals surface area contributed by atoms with E-state index >= 15 is 0 Å². The van der Waals surface area contributed by atoms with Crippen molar-refractivity contribution in [2.45, 2.75) is 0 Å². The Balaban J connectivity index is 2.11. The fraction of sp³-hybridized carbons (Fsp3) is 0. The van der Waals surface area contributed by atoms with Gasteiger partial charge in [-0.25, -0.2) is 4.98 Å². The van der Waals surface area contributed by atoms with Crippen LogP contribution in [0.25, 0.3) is 22.7 Å². The number of aromatic nitrogens is 2. The zero-order chi connectivity index (χ0) is 18.3. The van der Waals surface area contributed by atoms with Crippen LogP contribution in [0, 0.1) is 15.3 Å². The summed E-state index contributed by atoms with van der Waals surface area (Å²) in [6.45, 7) is 0. The number of phenols is 2. The van der Waals surface area contributed by atoms with E-state index in [9.17, 15) is 25.5 Å². The summed E-state index contributed by atoms with van der Waals surface area (Å²) in [5.41, 5.74) is -0.277. The molecule has 0 atom stereocenters. The van der Waals surface area contributed by atoms with Crippen molar-refractivity contribution < 1.29 is 24.3 Å². The zero-order valence-electron chi connectivity index (χ0n) is 12.0. The van der Waals surface area contributed by atoms with Gasteiger partial charge >= 0.3 is 5.69 Å². The van der Waals surface area contributed by atoms with E-state index in [1.165, 1.54) is 0 Å². The van der Waals surface area contributed by atoms with Crippen LogP contribution in [0.5, 0.6) is 11.5 Å². The first-order valence-corrected chi connectivity index (χ1v) is 7.28. The minimum atomic E-state index is -0.855. The Bertz CT molecular complexity index is 981. The van der Waals surface area contributed by atoms with Crippen molar-refractivity contribution in [3.63, 3.8) is 0 Å². The van der Waals surface area contributed by atoms with Crippen LogP contribution in [0.3, 0.4) is 0 Å². The van der Waals surface area contributed by atoms with E-state index in [2.05, 4.69) is 4.98 Å². The Hall–Kier alpha value is -3.04. The van der Waals surface area contributed by atoms with Gasteiger partial charge in [-0.1, -0.05) is 23.2 Å². The first-order chi connectivity index (χ1) is 11.8. The van der Waals surface area contributed by atoms with Crippen LogP contribution in [0.2, 0.25) is 10.0 Å². The lowest BCUT2D eigenvalue weighted by Gasteiger charge is -2.03. The highest BCUT2D eigenvalue weighted by molar-refractivity contribution is 6.38. The number of nitrogens with zero attached hydrogens (tertiary/aromatic N) is 3. The van der Waals surface area contributed by atoms with E-state index in [-0.39, 0.29) is 32.8 Å². The molecule has 0 aliphatic heterocycles. The molecule has 3 rings (SSSR count). The summed E-state index contributed by atoms with van der Waals surface area (Å²) in [6, 6.07) is 2.11. The van der Waals surface area contributed by atoms with Crippen molar-refractivity contribution in [1.29, 1.82) is 0 Å². The number of rotatable bonds is 3. The fourth-order valence-corrected chi connectivity index (χ4v) is 2.73. The molecular weight excluding hydrogens is 377 g/mol. The lowest BCUT2D eigenvalue weighted by atomic mass is 10.1. The number of aromatic hydroxyl groups is 2. The summed E-state index contributed by atoms with van der Waals surface area (Å²) in [4.78, 5) is 14.2. The Kier molecular flexibility index (Phi) is 4.11. The van der Waals surface area contributed by atoms with Gasteiger partial charge in [-0.3, -0.25) is 10.1 Å². The molecule has 0 amide bonds. The zero-order valence-corrected chi connectivity index (χ0v) is 13.5. The molecule has 2 heterocycles. The smallest absolute Gasteiger partial charge is 0.315 e. The monoisotopic (exact) mass is 383 g/mol. The maximum Gasteiger partial charge on any atom is 0.315 e. The van der Waals surface area contributed by atoms with E-state index in [1.54, 1.807) is 0 Å². The summed E-state index contributed by atoms with van der Waals surface area (Å²) in [6.07, 6.45) is 3.28. The van der Waals surface area contributed by atoms with Crippen molar-refractivity contribution in [2.75, 3.05) is 0 Å². The van der Waals surface area contributed by atoms with Gasteiger partial charge in [0.25, 0.3) is 0 Å². The van der Waals surface area contributed by atoms with Gasteiger partial charge in [0.2, 0.25) is 11.6 Å². The summed E-state index contributed by atoms with van der Waals surface area (Å²) >= 11 is 11.9. The van der Waals surface area contributed by atoms with Crippen LogP contribution in [0.1, 0.15) is 0 Å². The average Bonchev–Trinajstić information content (AvgIpc) is 2.98. The molecule has 0 aliphatic rings. The summed E-state index contributed by atoms with van der Waals surface area (Å²) in [5, 5.41) is 41.4. The second-order valence-electron chi connectivity index (χ2n) is 4.85. The van der Waals surface area contributed by atoms with Gasteiger partial charge in [0.05, 0.1) is 10.5 Å². The van der Waals surface area contributed by atoms with Gasteiger partial charge in [0, 0.05) is 11.6 Å². The van der Waals surface area contributed by atoms with E-state index < -0.39 is 22.1 Å². The molecule has 0 bridgehead atoms. The number of oxazole rings is 1. The Morgan fingerprint density at radius 1 is 1.20 bits per heavy atom. The predicted molar refractivity (Wildman–Crippen MR) is 86.3 cm³/mol. The Labute approximate surface area is 149 Å². The molecule has 1 aromatic carbocycles. The van der Waals surface area contributed by atoms with Crippen LogP contribution >= 0.6 is 23.2 Å². The van der Waals surface area contributed by atoms with Crippen molar-refractivity contribution in [2.24, 2.45) is 0 Å². The quantitative estimate of drug-likeness (QED) is 0.232. The van der Waals surface area contributed by atoms with E-state index in [0.717, 1.165) is 30.8 Å². The molecule has 0 unspecified atom stereocenters. The van der Waals surface area contributed by atoms with Crippen molar-refractivity contribution in [1.82, 2.24) is 4.98 Å². The molecule has 11 heteroatoms. The maximum absolute atomic E-state index is 11.3. The highest BCUT2D eigenvalue weighted by atomic mass is 35.5. The van der Waals surface area contributed by atoms with E-state index in [1.807, 2.05) is 0 Å². The number of hydrogen-bond acceptors (Lipinski definition) is 7. The number of nitro benzene ring substituents is 1. The molecule has 0 saturated carbocycles. The van der Waals surface area contributed by atoms with E-state index in [0.29, 0.717) is 4.73 Å². The summed E-state index contributed by atoms with van der Waals surface area (Å²) < 4.78 is 5.69. The molecule has 3 aromatic rings. The summed E-state index contributed by atoms with van der Waals surface area (Å²) in [7, 11) is 0. The highest BCUT2D eigenvalue weighted by Gasteiger charge is 2.23. The third kappa shape index (κ3) is 3.02. The second kappa shape index (κ2) is 6.11. The van der Waals surface area contributed by atoms with Crippen molar-refractivity contribution in [3.8, 4) is 34.2 Å². The average molecular weight is 384 g/mol. The molecule has 2 aromatic heterocycles. The van der Waals surface area contributed by atoms with Gasteiger partial charge in [-0.15, -0.1) is 0 Å². The Morgan fingerprint density at radius 2 is 1.84 bits per heavy atom. The van der Waals surface area contributed by atoms with E-state index in [4.69, 9.17) is 27.6 Å². The number of halogens is 2. The highest BCUT2D eigenvalue weighted by Crippen LogP contribution is 2.40. The second-order valence-corrected chi connectivity index (χ2v) is 5.66. The van der Waals surface area contributed by atoms with Crippen LogP contribution in [-0.2, 0) is 0 Å². The minimum Gasteiger partial charge on any atom is -0.619 e. The van der Waals surface area contributed by atoms with Gasteiger partial charge in [-0.05, 0) is 6.07 Å². The van der Waals surface area contributed by atoms with Gasteiger partial charge in [0.1, 0.15) is 22.0 Å². The molecule has 0 aliphatic carbocycles. The molecule has 0 fully saturated rings. The molecule has 0 spiro atoms. The first-order valence-electron chi connectivity index (χ1n) is 6.52. The summed E-state index contributed by atoms with van der Waals surface area (Å²) in [5.74, 6) is -1.57. The molecule has 9 nitrogen and oxygen atoms in total. The van der Waals surface area contributed by atoms with Gasteiger partial charge in [0.15, 0.2) is 18.1 Å². The maximum atomic E-state index is 11.3. The normalized spacial score (nSPS) is 10.8. The third-order valence-electron chi connectivity index (χ3n) is 3.24. The lowest BCUT2D eigenvalue weighted by molar-refractivity contribution is -0.605. The molecule has 2 N–H and O–H groups in total. The van der Waals surface area contributed by atoms with Crippen molar-refractivity contribution in [3.05, 3.63) is 56.2 Å². The Morgan fingerprint density at radius 3 is 2.44 bits per heavy atom. The fourth-order valence-electron chi connectivity index (χ4n) is 2.12. The van der Waals surface area contributed by atoms with Crippen LogP contribution in [-0.4, -0.2) is 20.1 Å². The number of benzene rings is 1. The predicted octanol–water partition coefficient (Wildman–Crippen LogP) is 3.27. The van der Waals surface area contributed by atoms with Gasteiger partial charge in [-0.2, -0.15) is 4.73 Å². The lowest BCUT2D eigenvalue weighted by Crippen LogP contribution is -2.24. The number of nitro groups is 1. The molecule has 0 saturated heterocycles. The van der Waals surface area contributed by atoms with Gasteiger partial charge < -0.3 is 19.8 Å². The third-order valence-corrected chi connectivity index (χ3v) is 3.81. The number of pyridine rings is 1. The number of phenolic OH excluding ortho intramolecular Hbond substituents is 2. The SMILES string of the molecule is O=[N+]([O-])c1cc(-c2coc(-c3c(Cl)c[n+]([O-])cc3Cl)n2)cc(O)c1O. The standard InChI is InChI=1S/C14H7Cl2N3O6/c15-7-3-18(22)4-8(16)12(7)14-17-9(5-25-14)6-1-10(19(23)24)13(21)11(20)2-6/h1-5,20-21H. The minimum absolute atomic E-state index is 0.00423.